The molecule has 4 nitrogen and oxygen atoms in total. The number of nitrogens with two attached hydrogens (primary N) is 1. The summed E-state index contributed by atoms with van der Waals surface area (Å²) in [7, 11) is 0. The summed E-state index contributed by atoms with van der Waals surface area (Å²) in [5.74, 6) is 5.67. The van der Waals surface area contributed by atoms with Crippen molar-refractivity contribution >= 4 is 5.91 Å². The van der Waals surface area contributed by atoms with Crippen LogP contribution in [0.15, 0.2) is 24.3 Å². The van der Waals surface area contributed by atoms with E-state index < -0.39 is 0 Å². The van der Waals surface area contributed by atoms with Crippen molar-refractivity contribution in [3.05, 3.63) is 35.4 Å². The minimum Gasteiger partial charge on any atom is -0.351 e. The van der Waals surface area contributed by atoms with Gasteiger partial charge < -0.3 is 16.0 Å². The van der Waals surface area contributed by atoms with Crippen LogP contribution in [0.4, 0.5) is 0 Å². The van der Waals surface area contributed by atoms with Crippen molar-refractivity contribution in [1.29, 1.82) is 0 Å². The molecule has 1 amide bonds. The van der Waals surface area contributed by atoms with Gasteiger partial charge in [0.25, 0.3) is 5.91 Å². The number of nitrogens with zero attached hydrogens (tertiary/aromatic N) is 1. The molecule has 108 valence electrons. The van der Waals surface area contributed by atoms with E-state index in [1.54, 1.807) is 12.1 Å². The molecule has 20 heavy (non-hydrogen) atoms. The highest BCUT2D eigenvalue weighted by Gasteiger charge is 2.05. The average molecular weight is 273 g/mol. The molecule has 1 aromatic rings. The minimum absolute atomic E-state index is 0.0458. The largest absolute Gasteiger partial charge is 0.351 e. The van der Waals surface area contributed by atoms with Crippen molar-refractivity contribution in [2.45, 2.75) is 13.8 Å². The second-order valence-electron chi connectivity index (χ2n) is 4.37. The summed E-state index contributed by atoms with van der Waals surface area (Å²) >= 11 is 0. The lowest BCUT2D eigenvalue weighted by Gasteiger charge is -2.17. The molecule has 4 heteroatoms. The van der Waals surface area contributed by atoms with Gasteiger partial charge in [0.1, 0.15) is 0 Å². The van der Waals surface area contributed by atoms with Crippen molar-refractivity contribution in [3.8, 4) is 11.8 Å². The van der Waals surface area contributed by atoms with E-state index in [0.29, 0.717) is 18.7 Å². The van der Waals surface area contributed by atoms with E-state index >= 15 is 0 Å². The molecule has 0 unspecified atom stereocenters. The predicted octanol–water partition coefficient (Wildman–Crippen LogP) is 1.07. The first-order chi connectivity index (χ1) is 9.71. The summed E-state index contributed by atoms with van der Waals surface area (Å²) in [6.07, 6.45) is 0. The van der Waals surface area contributed by atoms with Crippen molar-refractivity contribution < 1.29 is 4.79 Å². The lowest BCUT2D eigenvalue weighted by molar-refractivity contribution is 0.0949. The highest BCUT2D eigenvalue weighted by atomic mass is 16.1. The van der Waals surface area contributed by atoms with E-state index in [-0.39, 0.29) is 5.91 Å². The van der Waals surface area contributed by atoms with Crippen LogP contribution in [0, 0.1) is 11.8 Å². The van der Waals surface area contributed by atoms with Gasteiger partial charge in [-0.25, -0.2) is 0 Å². The van der Waals surface area contributed by atoms with Crippen LogP contribution in [0.3, 0.4) is 0 Å². The van der Waals surface area contributed by atoms with E-state index in [1.165, 1.54) is 0 Å². The second-order valence-corrected chi connectivity index (χ2v) is 4.37. The summed E-state index contributed by atoms with van der Waals surface area (Å²) in [4.78, 5) is 14.2. The van der Waals surface area contributed by atoms with Crippen molar-refractivity contribution in [3.63, 3.8) is 0 Å². The van der Waals surface area contributed by atoms with Gasteiger partial charge in [-0.15, -0.1) is 0 Å². The number of carbonyl (C=O) groups excluding carboxylic acids is 1. The standard InChI is InChI=1S/C16H23N3O/c1-3-19(4-2)13-12-18-16(20)15-9-7-14(8-10-15)6-5-11-17/h7-10H,3-4,11-13,17H2,1-2H3,(H,18,20). The van der Waals surface area contributed by atoms with Crippen LogP contribution >= 0.6 is 0 Å². The van der Waals surface area contributed by atoms with E-state index in [0.717, 1.165) is 25.2 Å². The van der Waals surface area contributed by atoms with E-state index in [4.69, 9.17) is 5.73 Å². The molecule has 0 saturated carbocycles. The third-order valence-corrected chi connectivity index (χ3v) is 3.09. The molecule has 1 rings (SSSR count). The van der Waals surface area contributed by atoms with Gasteiger partial charge in [-0.2, -0.15) is 0 Å². The number of rotatable bonds is 6. The first-order valence-corrected chi connectivity index (χ1v) is 7.00. The van der Waals surface area contributed by atoms with E-state index in [2.05, 4.69) is 35.9 Å². The Labute approximate surface area is 121 Å². The molecule has 0 fully saturated rings. The molecule has 0 atom stereocenters. The fourth-order valence-corrected chi connectivity index (χ4v) is 1.83. The normalized spacial score (nSPS) is 10.0. The highest BCUT2D eigenvalue weighted by Crippen LogP contribution is 2.03. The molecular weight excluding hydrogens is 250 g/mol. The topological polar surface area (TPSA) is 58.4 Å². The van der Waals surface area contributed by atoms with Gasteiger partial charge in [0, 0.05) is 24.2 Å². The van der Waals surface area contributed by atoms with E-state index in [9.17, 15) is 4.79 Å². The van der Waals surface area contributed by atoms with Crippen LogP contribution in [0.2, 0.25) is 0 Å². The number of benzene rings is 1. The maximum atomic E-state index is 11.9. The molecule has 0 aliphatic carbocycles. The maximum absolute atomic E-state index is 11.9. The monoisotopic (exact) mass is 273 g/mol. The van der Waals surface area contributed by atoms with Gasteiger partial charge in [0.05, 0.1) is 6.54 Å². The Kier molecular flexibility index (Phi) is 7.41. The number of hydrogen-bond donors (Lipinski definition) is 2. The molecule has 3 N–H and O–H groups in total. The Morgan fingerprint density at radius 3 is 2.45 bits per heavy atom. The van der Waals surface area contributed by atoms with Gasteiger partial charge in [-0.05, 0) is 37.4 Å². The average Bonchev–Trinajstić information content (AvgIpc) is 2.50. The lowest BCUT2D eigenvalue weighted by Crippen LogP contribution is -2.34. The molecule has 0 heterocycles. The predicted molar refractivity (Wildman–Crippen MR) is 82.5 cm³/mol. The Bertz CT molecular complexity index is 467. The second kappa shape index (κ2) is 9.13. The Balaban J connectivity index is 2.47. The first kappa shape index (κ1) is 16.2. The molecule has 0 aromatic heterocycles. The summed E-state index contributed by atoms with van der Waals surface area (Å²) in [6.45, 7) is 8.11. The number of hydrogen-bond acceptors (Lipinski definition) is 3. The minimum atomic E-state index is -0.0458. The molecule has 0 aliphatic rings. The zero-order valence-electron chi connectivity index (χ0n) is 12.3. The Morgan fingerprint density at radius 2 is 1.90 bits per heavy atom. The van der Waals surface area contributed by atoms with Gasteiger partial charge >= 0.3 is 0 Å². The van der Waals surface area contributed by atoms with Crippen LogP contribution in [0.25, 0.3) is 0 Å². The van der Waals surface area contributed by atoms with Crippen molar-refractivity contribution in [2.24, 2.45) is 5.73 Å². The third-order valence-electron chi connectivity index (χ3n) is 3.09. The fourth-order valence-electron chi connectivity index (χ4n) is 1.83. The van der Waals surface area contributed by atoms with Crippen LogP contribution in [0.1, 0.15) is 29.8 Å². The quantitative estimate of drug-likeness (QED) is 0.762. The Hall–Kier alpha value is -1.83. The SMILES string of the molecule is CCN(CC)CCNC(=O)c1ccc(C#CCN)cc1. The van der Waals surface area contributed by atoms with Gasteiger partial charge in [0.2, 0.25) is 0 Å². The van der Waals surface area contributed by atoms with Gasteiger partial charge in [-0.3, -0.25) is 4.79 Å². The molecule has 0 aliphatic heterocycles. The molecular formula is C16H23N3O. The zero-order chi connectivity index (χ0) is 14.8. The number of nitrogens with one attached hydrogen (secondary N) is 1. The summed E-state index contributed by atoms with van der Waals surface area (Å²) in [5.41, 5.74) is 6.84. The van der Waals surface area contributed by atoms with Crippen LogP contribution in [-0.4, -0.2) is 43.5 Å². The van der Waals surface area contributed by atoms with Crippen molar-refractivity contribution in [2.75, 3.05) is 32.7 Å². The summed E-state index contributed by atoms with van der Waals surface area (Å²) in [6, 6.07) is 7.24. The van der Waals surface area contributed by atoms with Crippen molar-refractivity contribution in [1.82, 2.24) is 10.2 Å². The molecule has 1 aromatic carbocycles. The van der Waals surface area contributed by atoms with Gasteiger partial charge in [-0.1, -0.05) is 25.7 Å². The van der Waals surface area contributed by atoms with Crippen LogP contribution in [-0.2, 0) is 0 Å². The Morgan fingerprint density at radius 1 is 1.25 bits per heavy atom. The molecule has 0 bridgehead atoms. The lowest BCUT2D eigenvalue weighted by atomic mass is 10.1. The zero-order valence-corrected chi connectivity index (χ0v) is 12.3. The number of amides is 1. The molecule has 0 radical (unpaired) electrons. The fraction of sp³-hybridized carbons (Fsp3) is 0.438. The smallest absolute Gasteiger partial charge is 0.251 e. The third kappa shape index (κ3) is 5.43. The number of likely N-dealkylation sites (N-methyl/N-ethyl adjacent to an activating group) is 1. The number of carbonyl (C=O) groups is 1. The highest BCUT2D eigenvalue weighted by molar-refractivity contribution is 5.94. The first-order valence-electron chi connectivity index (χ1n) is 7.00. The van der Waals surface area contributed by atoms with Crippen LogP contribution < -0.4 is 11.1 Å². The molecule has 0 spiro atoms. The maximum Gasteiger partial charge on any atom is 0.251 e. The van der Waals surface area contributed by atoms with Crippen LogP contribution in [0.5, 0.6) is 0 Å². The van der Waals surface area contributed by atoms with Gasteiger partial charge in [0.15, 0.2) is 0 Å². The van der Waals surface area contributed by atoms with E-state index in [1.807, 2.05) is 12.1 Å². The summed E-state index contributed by atoms with van der Waals surface area (Å²) < 4.78 is 0. The molecule has 0 saturated heterocycles. The summed E-state index contributed by atoms with van der Waals surface area (Å²) in [5, 5.41) is 2.92.